The first-order valence-corrected chi connectivity index (χ1v) is 10.1. The Morgan fingerprint density at radius 3 is 2.57 bits per heavy atom. The molecular formula is C23H29N3O2. The molecule has 5 heteroatoms. The third-order valence-corrected chi connectivity index (χ3v) is 5.31. The second kappa shape index (κ2) is 8.91. The fourth-order valence-electron chi connectivity index (χ4n) is 3.43. The molecule has 5 nitrogen and oxygen atoms in total. The Kier molecular flexibility index (Phi) is 6.34. The topological polar surface area (TPSA) is 61.4 Å². The van der Waals surface area contributed by atoms with E-state index in [1.54, 1.807) is 6.07 Å². The predicted octanol–water partition coefficient (Wildman–Crippen LogP) is 4.13. The molecule has 1 aliphatic heterocycles. The van der Waals surface area contributed by atoms with Crippen molar-refractivity contribution in [3.63, 3.8) is 0 Å². The molecular weight excluding hydrogens is 350 g/mol. The summed E-state index contributed by atoms with van der Waals surface area (Å²) < 4.78 is 0. The molecule has 0 aliphatic carbocycles. The first-order valence-electron chi connectivity index (χ1n) is 10.1. The van der Waals surface area contributed by atoms with Crippen LogP contribution in [0.1, 0.15) is 55.1 Å². The quantitative estimate of drug-likeness (QED) is 0.793. The van der Waals surface area contributed by atoms with Gasteiger partial charge in [-0.3, -0.25) is 9.59 Å². The molecule has 0 bridgehead atoms. The summed E-state index contributed by atoms with van der Waals surface area (Å²) in [5.74, 6) is -0.163. The lowest BCUT2D eigenvalue weighted by Gasteiger charge is -2.32. The van der Waals surface area contributed by atoms with E-state index in [4.69, 9.17) is 0 Å². The van der Waals surface area contributed by atoms with Gasteiger partial charge in [-0.05, 0) is 49.1 Å². The molecule has 0 saturated carbocycles. The molecule has 1 atom stereocenters. The maximum Gasteiger partial charge on any atom is 0.253 e. The molecule has 0 fully saturated rings. The fraction of sp³-hybridized carbons (Fsp3) is 0.391. The molecule has 0 radical (unpaired) electrons. The van der Waals surface area contributed by atoms with Gasteiger partial charge in [-0.2, -0.15) is 0 Å². The van der Waals surface area contributed by atoms with Crippen molar-refractivity contribution >= 4 is 23.2 Å². The standard InChI is InChI=1S/C23H29N3O2/c1-4-16(3)24-23(28)20-14-19(25-22(27)5-2)10-11-21(20)26-13-12-17-8-6-7-9-18(17)15-26/h6-11,14,16H,4-5,12-13,15H2,1-3H3,(H,24,28)(H,25,27). The highest BCUT2D eigenvalue weighted by molar-refractivity contribution is 6.02. The molecule has 2 aromatic rings. The summed E-state index contributed by atoms with van der Waals surface area (Å²) in [7, 11) is 0. The Morgan fingerprint density at radius 1 is 1.11 bits per heavy atom. The van der Waals surface area contributed by atoms with Gasteiger partial charge in [0.2, 0.25) is 5.91 Å². The number of nitrogens with one attached hydrogen (secondary N) is 2. The maximum atomic E-state index is 13.0. The Balaban J connectivity index is 1.93. The first-order chi connectivity index (χ1) is 13.5. The van der Waals surface area contributed by atoms with Gasteiger partial charge < -0.3 is 15.5 Å². The Bertz CT molecular complexity index is 863. The van der Waals surface area contributed by atoms with E-state index in [1.807, 2.05) is 32.9 Å². The van der Waals surface area contributed by atoms with E-state index in [0.717, 1.165) is 31.6 Å². The Labute approximate surface area is 167 Å². The highest BCUT2D eigenvalue weighted by atomic mass is 16.2. The van der Waals surface area contributed by atoms with Crippen LogP contribution in [0.25, 0.3) is 0 Å². The van der Waals surface area contributed by atoms with E-state index in [0.29, 0.717) is 17.7 Å². The number of hydrogen-bond donors (Lipinski definition) is 2. The predicted molar refractivity (Wildman–Crippen MR) is 114 cm³/mol. The number of anilines is 2. The summed E-state index contributed by atoms with van der Waals surface area (Å²) in [4.78, 5) is 27.0. The van der Waals surface area contributed by atoms with Crippen LogP contribution in [0.5, 0.6) is 0 Å². The van der Waals surface area contributed by atoms with E-state index in [2.05, 4.69) is 39.8 Å². The molecule has 28 heavy (non-hydrogen) atoms. The van der Waals surface area contributed by atoms with Crippen molar-refractivity contribution in [3.8, 4) is 0 Å². The van der Waals surface area contributed by atoms with Crippen LogP contribution >= 0.6 is 0 Å². The maximum absolute atomic E-state index is 13.0. The van der Waals surface area contributed by atoms with Crippen LogP contribution in [0.3, 0.4) is 0 Å². The number of carbonyl (C=O) groups is 2. The molecule has 0 saturated heterocycles. The average Bonchev–Trinajstić information content (AvgIpc) is 2.73. The minimum Gasteiger partial charge on any atom is -0.366 e. The van der Waals surface area contributed by atoms with Gasteiger partial charge >= 0.3 is 0 Å². The van der Waals surface area contributed by atoms with E-state index < -0.39 is 0 Å². The van der Waals surface area contributed by atoms with E-state index in [-0.39, 0.29) is 17.9 Å². The number of carbonyl (C=O) groups excluding carboxylic acids is 2. The van der Waals surface area contributed by atoms with Gasteiger partial charge in [0.15, 0.2) is 0 Å². The van der Waals surface area contributed by atoms with Crippen molar-refractivity contribution in [1.82, 2.24) is 5.32 Å². The molecule has 0 aromatic heterocycles. The van der Waals surface area contributed by atoms with Gasteiger partial charge in [-0.25, -0.2) is 0 Å². The minimum absolute atomic E-state index is 0.0621. The molecule has 1 heterocycles. The van der Waals surface area contributed by atoms with Crippen LogP contribution in [-0.2, 0) is 17.8 Å². The van der Waals surface area contributed by atoms with Crippen molar-refractivity contribution in [2.45, 2.75) is 52.6 Å². The Hall–Kier alpha value is -2.82. The second-order valence-corrected chi connectivity index (χ2v) is 7.36. The summed E-state index contributed by atoms with van der Waals surface area (Å²) in [6.45, 7) is 7.50. The molecule has 2 N–H and O–H groups in total. The lowest BCUT2D eigenvalue weighted by molar-refractivity contribution is -0.115. The number of nitrogens with zero attached hydrogens (tertiary/aromatic N) is 1. The third kappa shape index (κ3) is 4.53. The van der Waals surface area contributed by atoms with Crippen LogP contribution in [0.4, 0.5) is 11.4 Å². The van der Waals surface area contributed by atoms with Gasteiger partial charge in [0, 0.05) is 36.9 Å². The molecule has 3 rings (SSSR count). The molecule has 1 unspecified atom stereocenters. The van der Waals surface area contributed by atoms with Gasteiger partial charge in [-0.15, -0.1) is 0 Å². The number of rotatable bonds is 6. The molecule has 1 aliphatic rings. The molecule has 148 valence electrons. The van der Waals surface area contributed by atoms with Gasteiger partial charge in [-0.1, -0.05) is 38.1 Å². The second-order valence-electron chi connectivity index (χ2n) is 7.36. The highest BCUT2D eigenvalue weighted by Crippen LogP contribution is 2.29. The number of fused-ring (bicyclic) bond motifs is 1. The van der Waals surface area contributed by atoms with E-state index >= 15 is 0 Å². The summed E-state index contributed by atoms with van der Waals surface area (Å²) >= 11 is 0. The zero-order chi connectivity index (χ0) is 20.1. The van der Waals surface area contributed by atoms with Crippen LogP contribution < -0.4 is 15.5 Å². The van der Waals surface area contributed by atoms with Crippen LogP contribution in [0.15, 0.2) is 42.5 Å². The SMILES string of the molecule is CCC(=O)Nc1ccc(N2CCc3ccccc3C2)c(C(=O)NC(C)CC)c1. The van der Waals surface area contributed by atoms with Crippen molar-refractivity contribution in [2.75, 3.05) is 16.8 Å². The summed E-state index contributed by atoms with van der Waals surface area (Å²) in [5, 5.41) is 5.92. The lowest BCUT2D eigenvalue weighted by Crippen LogP contribution is -2.35. The normalized spacial score (nSPS) is 14.2. The van der Waals surface area contributed by atoms with Crippen LogP contribution in [0, 0.1) is 0 Å². The highest BCUT2D eigenvalue weighted by Gasteiger charge is 2.22. The van der Waals surface area contributed by atoms with E-state index in [9.17, 15) is 9.59 Å². The van der Waals surface area contributed by atoms with E-state index in [1.165, 1.54) is 11.1 Å². The fourth-order valence-corrected chi connectivity index (χ4v) is 3.43. The van der Waals surface area contributed by atoms with Crippen molar-refractivity contribution in [2.24, 2.45) is 0 Å². The van der Waals surface area contributed by atoms with Crippen molar-refractivity contribution < 1.29 is 9.59 Å². The van der Waals surface area contributed by atoms with Crippen LogP contribution in [0.2, 0.25) is 0 Å². The van der Waals surface area contributed by atoms with Gasteiger partial charge in [0.25, 0.3) is 5.91 Å². The Morgan fingerprint density at radius 2 is 1.86 bits per heavy atom. The number of benzene rings is 2. The number of amides is 2. The minimum atomic E-state index is -0.101. The van der Waals surface area contributed by atoms with Crippen molar-refractivity contribution in [1.29, 1.82) is 0 Å². The largest absolute Gasteiger partial charge is 0.366 e. The lowest BCUT2D eigenvalue weighted by atomic mass is 9.98. The monoisotopic (exact) mass is 379 g/mol. The molecule has 2 amide bonds. The van der Waals surface area contributed by atoms with Gasteiger partial charge in [0.05, 0.1) is 5.56 Å². The van der Waals surface area contributed by atoms with Gasteiger partial charge in [0.1, 0.15) is 0 Å². The average molecular weight is 380 g/mol. The third-order valence-electron chi connectivity index (χ3n) is 5.31. The zero-order valence-corrected chi connectivity index (χ0v) is 16.9. The molecule has 2 aromatic carbocycles. The van der Waals surface area contributed by atoms with Crippen LogP contribution in [-0.4, -0.2) is 24.4 Å². The summed E-state index contributed by atoms with van der Waals surface area (Å²) in [6.07, 6.45) is 2.22. The molecule has 0 spiro atoms. The first kappa shape index (κ1) is 19.9. The zero-order valence-electron chi connectivity index (χ0n) is 16.9. The smallest absolute Gasteiger partial charge is 0.253 e. The summed E-state index contributed by atoms with van der Waals surface area (Å²) in [6, 6.07) is 14.2. The number of hydrogen-bond acceptors (Lipinski definition) is 3. The summed E-state index contributed by atoms with van der Waals surface area (Å²) in [5.41, 5.74) is 4.84. The van der Waals surface area contributed by atoms with Crippen molar-refractivity contribution in [3.05, 3.63) is 59.2 Å².